The monoisotopic (exact) mass is 252 g/mol. The fraction of sp³-hybridized carbons (Fsp3) is 0.818. The van der Waals surface area contributed by atoms with Crippen molar-refractivity contribution in [3.8, 4) is 0 Å². The first-order chi connectivity index (χ1) is 8.77. The van der Waals surface area contributed by atoms with Gasteiger partial charge in [0.05, 0.1) is 0 Å². The van der Waals surface area contributed by atoms with Crippen LogP contribution < -0.4 is 5.73 Å². The van der Waals surface area contributed by atoms with Gasteiger partial charge in [-0.05, 0) is 37.4 Å². The Hall–Kier alpha value is -1.50. The van der Waals surface area contributed by atoms with Crippen LogP contribution in [0.15, 0.2) is 0 Å². The molecule has 0 spiro atoms. The van der Waals surface area contributed by atoms with Crippen LogP contribution in [-0.2, 0) is 0 Å². The van der Waals surface area contributed by atoms with E-state index in [0.717, 1.165) is 19.3 Å². The Morgan fingerprint density at radius 1 is 1.50 bits per heavy atom. The fourth-order valence-electron chi connectivity index (χ4n) is 2.78. The highest BCUT2D eigenvalue weighted by Crippen LogP contribution is 2.28. The molecule has 2 rings (SSSR count). The Labute approximate surface area is 106 Å². The molecule has 1 aliphatic carbocycles. The summed E-state index contributed by atoms with van der Waals surface area (Å²) in [6, 6.07) is 0.208. The summed E-state index contributed by atoms with van der Waals surface area (Å²) in [6.07, 6.45) is 4.46. The minimum Gasteiger partial charge on any atom is -0.333 e. The maximum absolute atomic E-state index is 12.3. The van der Waals surface area contributed by atoms with E-state index in [-0.39, 0.29) is 17.8 Å². The molecular weight excluding hydrogens is 232 g/mol. The topological polar surface area (TPSA) is 101 Å². The molecule has 1 aromatic heterocycles. The molecule has 3 N–H and O–H groups in total. The third-order valence-electron chi connectivity index (χ3n) is 3.71. The van der Waals surface area contributed by atoms with Crippen molar-refractivity contribution >= 4 is 5.91 Å². The summed E-state index contributed by atoms with van der Waals surface area (Å²) in [7, 11) is 0. The van der Waals surface area contributed by atoms with E-state index in [2.05, 4.69) is 20.6 Å². The average Bonchev–Trinajstić information content (AvgIpc) is 2.94. The number of tetrazole rings is 1. The van der Waals surface area contributed by atoms with Gasteiger partial charge in [0.15, 0.2) is 0 Å². The van der Waals surface area contributed by atoms with E-state index in [0.29, 0.717) is 19.0 Å². The normalized spacial score (nSPS) is 23.9. The molecule has 7 heteroatoms. The van der Waals surface area contributed by atoms with Gasteiger partial charge in [-0.3, -0.25) is 4.79 Å². The molecule has 100 valence electrons. The standard InChI is InChI=1S/C11H20N6O/c1-2-17(11(18)10-13-15-16-14-10)9-6-4-3-5-8(9)7-12/h8-9H,2-7,12H2,1H3,(H,13,14,15,16). The van der Waals surface area contributed by atoms with Gasteiger partial charge in [0, 0.05) is 12.6 Å². The minimum atomic E-state index is -0.156. The number of carbonyl (C=O) groups excluding carboxylic acids is 1. The summed E-state index contributed by atoms with van der Waals surface area (Å²) in [4.78, 5) is 14.1. The van der Waals surface area contributed by atoms with E-state index in [4.69, 9.17) is 5.73 Å². The smallest absolute Gasteiger partial charge is 0.295 e. The third-order valence-corrected chi connectivity index (χ3v) is 3.71. The Balaban J connectivity index is 2.14. The SMILES string of the molecule is CCN(C(=O)c1nn[nH]n1)C1CCCCC1CN. The molecule has 2 unspecified atom stereocenters. The van der Waals surface area contributed by atoms with E-state index in [1.165, 1.54) is 6.42 Å². The first-order valence-corrected chi connectivity index (χ1v) is 6.52. The van der Waals surface area contributed by atoms with Gasteiger partial charge in [0.25, 0.3) is 11.7 Å². The number of aromatic amines is 1. The molecule has 18 heavy (non-hydrogen) atoms. The molecule has 0 bridgehead atoms. The molecule has 2 atom stereocenters. The van der Waals surface area contributed by atoms with Gasteiger partial charge in [-0.15, -0.1) is 10.2 Å². The van der Waals surface area contributed by atoms with Gasteiger partial charge in [-0.25, -0.2) is 0 Å². The van der Waals surface area contributed by atoms with E-state index in [1.807, 2.05) is 11.8 Å². The van der Waals surface area contributed by atoms with Crippen LogP contribution in [0.5, 0.6) is 0 Å². The second kappa shape index (κ2) is 5.90. The summed E-state index contributed by atoms with van der Waals surface area (Å²) in [6.45, 7) is 3.25. The van der Waals surface area contributed by atoms with Crippen LogP contribution in [0.4, 0.5) is 0 Å². The van der Waals surface area contributed by atoms with E-state index in [9.17, 15) is 4.79 Å². The fourth-order valence-corrected chi connectivity index (χ4v) is 2.78. The zero-order valence-corrected chi connectivity index (χ0v) is 10.7. The number of H-pyrrole nitrogens is 1. The van der Waals surface area contributed by atoms with Crippen molar-refractivity contribution in [2.75, 3.05) is 13.1 Å². The zero-order valence-electron chi connectivity index (χ0n) is 10.7. The van der Waals surface area contributed by atoms with Crippen LogP contribution in [0.1, 0.15) is 43.2 Å². The molecule has 0 radical (unpaired) electrons. The molecule has 1 aliphatic rings. The lowest BCUT2D eigenvalue weighted by molar-refractivity contribution is 0.0548. The lowest BCUT2D eigenvalue weighted by atomic mass is 9.83. The van der Waals surface area contributed by atoms with Gasteiger partial charge in [-0.1, -0.05) is 12.8 Å². The maximum Gasteiger partial charge on any atom is 0.295 e. The molecule has 1 amide bonds. The molecule has 0 aliphatic heterocycles. The molecular formula is C11H20N6O. The Morgan fingerprint density at radius 2 is 2.28 bits per heavy atom. The summed E-state index contributed by atoms with van der Waals surface area (Å²) in [5.41, 5.74) is 5.82. The number of nitrogens with zero attached hydrogens (tertiary/aromatic N) is 4. The van der Waals surface area contributed by atoms with Crippen molar-refractivity contribution in [1.82, 2.24) is 25.5 Å². The van der Waals surface area contributed by atoms with Crippen LogP contribution in [0.2, 0.25) is 0 Å². The third kappa shape index (κ3) is 2.50. The number of hydrogen-bond donors (Lipinski definition) is 2. The van der Waals surface area contributed by atoms with Crippen LogP contribution in [0.3, 0.4) is 0 Å². The summed E-state index contributed by atoms with van der Waals surface area (Å²) in [5, 5.41) is 13.3. The first kappa shape index (κ1) is 12.9. The van der Waals surface area contributed by atoms with Gasteiger partial charge in [0.1, 0.15) is 0 Å². The summed E-state index contributed by atoms with van der Waals surface area (Å²) < 4.78 is 0. The Morgan fingerprint density at radius 3 is 2.89 bits per heavy atom. The van der Waals surface area contributed by atoms with Crippen LogP contribution in [0.25, 0.3) is 0 Å². The number of aromatic nitrogens is 4. The van der Waals surface area contributed by atoms with Gasteiger partial charge < -0.3 is 10.6 Å². The van der Waals surface area contributed by atoms with Crippen LogP contribution in [-0.4, -0.2) is 50.6 Å². The number of hydrogen-bond acceptors (Lipinski definition) is 5. The van der Waals surface area contributed by atoms with Crippen LogP contribution in [0, 0.1) is 5.92 Å². The number of rotatable bonds is 4. The molecule has 0 aromatic carbocycles. The highest BCUT2D eigenvalue weighted by atomic mass is 16.2. The van der Waals surface area contributed by atoms with E-state index in [1.54, 1.807) is 0 Å². The second-order valence-corrected chi connectivity index (χ2v) is 4.67. The van der Waals surface area contributed by atoms with Gasteiger partial charge in [-0.2, -0.15) is 5.21 Å². The largest absolute Gasteiger partial charge is 0.333 e. The lowest BCUT2D eigenvalue weighted by Crippen LogP contribution is -2.48. The van der Waals surface area contributed by atoms with Crippen molar-refractivity contribution in [3.05, 3.63) is 5.82 Å². The van der Waals surface area contributed by atoms with Crippen LogP contribution >= 0.6 is 0 Å². The van der Waals surface area contributed by atoms with Crippen molar-refractivity contribution in [3.63, 3.8) is 0 Å². The zero-order chi connectivity index (χ0) is 13.0. The Kier molecular flexibility index (Phi) is 4.24. The summed E-state index contributed by atoms with van der Waals surface area (Å²) in [5.74, 6) is 0.365. The molecule has 1 fully saturated rings. The predicted octanol–water partition coefficient (Wildman–Crippen LogP) is 0.179. The quantitative estimate of drug-likeness (QED) is 0.796. The highest BCUT2D eigenvalue weighted by molar-refractivity contribution is 5.90. The maximum atomic E-state index is 12.3. The van der Waals surface area contributed by atoms with Crippen molar-refractivity contribution in [1.29, 1.82) is 0 Å². The molecule has 7 nitrogen and oxygen atoms in total. The summed E-state index contributed by atoms with van der Waals surface area (Å²) >= 11 is 0. The van der Waals surface area contributed by atoms with Gasteiger partial charge in [0.2, 0.25) is 0 Å². The van der Waals surface area contributed by atoms with Crippen molar-refractivity contribution < 1.29 is 4.79 Å². The number of nitrogens with two attached hydrogens (primary N) is 1. The lowest BCUT2D eigenvalue weighted by Gasteiger charge is -2.38. The van der Waals surface area contributed by atoms with E-state index >= 15 is 0 Å². The molecule has 0 saturated heterocycles. The van der Waals surface area contributed by atoms with Crippen molar-refractivity contribution in [2.24, 2.45) is 11.7 Å². The predicted molar refractivity (Wildman–Crippen MR) is 65.7 cm³/mol. The number of amides is 1. The minimum absolute atomic E-state index is 0.137. The Bertz CT molecular complexity index is 379. The highest BCUT2D eigenvalue weighted by Gasteiger charge is 2.33. The van der Waals surface area contributed by atoms with Gasteiger partial charge >= 0.3 is 0 Å². The van der Waals surface area contributed by atoms with Crippen molar-refractivity contribution in [2.45, 2.75) is 38.6 Å². The molecule has 1 aromatic rings. The molecule has 1 saturated carbocycles. The number of carbonyl (C=O) groups is 1. The molecule has 1 heterocycles. The first-order valence-electron chi connectivity index (χ1n) is 6.52. The van der Waals surface area contributed by atoms with E-state index < -0.39 is 0 Å². The average molecular weight is 252 g/mol. The second-order valence-electron chi connectivity index (χ2n) is 4.67. The number of nitrogens with one attached hydrogen (secondary N) is 1.